The maximum absolute atomic E-state index is 12.0. The fraction of sp³-hybridized carbons (Fsp3) is 0.214. The number of amides is 1. The van der Waals surface area contributed by atoms with Crippen molar-refractivity contribution in [1.29, 1.82) is 0 Å². The number of carbonyl (C=O) groups is 1. The van der Waals surface area contributed by atoms with E-state index in [2.05, 4.69) is 21.2 Å². The topological polar surface area (TPSA) is 51.5 Å². The third-order valence-electron chi connectivity index (χ3n) is 2.89. The number of hydrogen-bond donors (Lipinski definition) is 1. The van der Waals surface area contributed by atoms with Crippen LogP contribution >= 0.6 is 27.5 Å². The van der Waals surface area contributed by atoms with Gasteiger partial charge in [0.05, 0.1) is 29.5 Å². The summed E-state index contributed by atoms with van der Waals surface area (Å²) in [5, 5.41) is 2.95. The molecule has 0 saturated carbocycles. The maximum Gasteiger partial charge on any atom is 0.256 e. The van der Waals surface area contributed by atoms with Crippen LogP contribution in [0.1, 0.15) is 28.9 Å². The number of rotatable bonds is 4. The molecule has 4 nitrogen and oxygen atoms in total. The maximum atomic E-state index is 12.0. The van der Waals surface area contributed by atoms with Gasteiger partial charge in [-0.25, -0.2) is 0 Å². The fourth-order valence-corrected chi connectivity index (χ4v) is 2.52. The minimum atomic E-state index is -0.275. The molecule has 0 spiro atoms. The molecule has 0 fully saturated rings. The summed E-state index contributed by atoms with van der Waals surface area (Å²) in [6.45, 7) is 1.89. The quantitative estimate of drug-likeness (QED) is 0.891. The fourth-order valence-electron chi connectivity index (χ4n) is 1.77. The highest BCUT2D eigenvalue weighted by Gasteiger charge is 2.16. The molecule has 20 heavy (non-hydrogen) atoms. The van der Waals surface area contributed by atoms with E-state index in [4.69, 9.17) is 20.8 Å². The van der Waals surface area contributed by atoms with Crippen molar-refractivity contribution in [3.8, 4) is 5.75 Å². The van der Waals surface area contributed by atoms with Gasteiger partial charge in [-0.1, -0.05) is 6.07 Å². The van der Waals surface area contributed by atoms with Gasteiger partial charge in [0.15, 0.2) is 0 Å². The molecule has 106 valence electrons. The summed E-state index contributed by atoms with van der Waals surface area (Å²) < 4.78 is 10.9. The molecule has 1 aromatic heterocycles. The first-order chi connectivity index (χ1) is 9.52. The van der Waals surface area contributed by atoms with E-state index in [1.54, 1.807) is 7.11 Å². The van der Waals surface area contributed by atoms with E-state index >= 15 is 0 Å². The van der Waals surface area contributed by atoms with Crippen molar-refractivity contribution in [2.45, 2.75) is 13.0 Å². The molecular formula is C14H13BrClNO3. The Balaban J connectivity index is 2.12. The van der Waals surface area contributed by atoms with Gasteiger partial charge in [-0.05, 0) is 58.2 Å². The Kier molecular flexibility index (Phi) is 4.73. The zero-order chi connectivity index (χ0) is 14.7. The van der Waals surface area contributed by atoms with Crippen LogP contribution in [0.4, 0.5) is 0 Å². The molecule has 1 amide bonds. The zero-order valence-electron chi connectivity index (χ0n) is 10.9. The van der Waals surface area contributed by atoms with E-state index in [1.165, 1.54) is 12.3 Å². The van der Waals surface area contributed by atoms with Gasteiger partial charge in [-0.3, -0.25) is 4.79 Å². The third-order valence-corrected chi connectivity index (χ3v) is 3.80. The highest BCUT2D eigenvalue weighted by Crippen LogP contribution is 2.28. The number of methoxy groups -OCH3 is 1. The minimum Gasteiger partial charge on any atom is -0.496 e. The molecule has 0 aliphatic rings. The van der Waals surface area contributed by atoms with Gasteiger partial charge in [-0.15, -0.1) is 0 Å². The Bertz CT molecular complexity index is 627. The van der Waals surface area contributed by atoms with E-state index in [1.807, 2.05) is 25.1 Å². The Morgan fingerprint density at radius 1 is 1.45 bits per heavy atom. The van der Waals surface area contributed by atoms with Crippen molar-refractivity contribution < 1.29 is 13.9 Å². The molecule has 2 rings (SSSR count). The molecule has 1 N–H and O–H groups in total. The number of carbonyl (C=O) groups excluding carboxylic acids is 1. The van der Waals surface area contributed by atoms with Crippen LogP contribution < -0.4 is 10.1 Å². The largest absolute Gasteiger partial charge is 0.496 e. The number of furan rings is 1. The normalized spacial score (nSPS) is 12.0. The standard InChI is InChI=1S/C14H13BrClNO3/c1-8(9-3-4-12(19-2)11(15)7-9)17-14(18)10-5-6-20-13(10)16/h3-8H,1-2H3,(H,17,18). The number of halogens is 2. The van der Waals surface area contributed by atoms with Gasteiger partial charge in [0, 0.05) is 0 Å². The lowest BCUT2D eigenvalue weighted by Crippen LogP contribution is -2.26. The molecule has 2 aromatic rings. The smallest absolute Gasteiger partial charge is 0.256 e. The summed E-state index contributed by atoms with van der Waals surface area (Å²) in [4.78, 5) is 12.0. The third kappa shape index (κ3) is 3.16. The Morgan fingerprint density at radius 3 is 2.75 bits per heavy atom. The molecule has 1 aromatic carbocycles. The van der Waals surface area contributed by atoms with Crippen LogP contribution in [0.25, 0.3) is 0 Å². The summed E-state index contributed by atoms with van der Waals surface area (Å²) in [6.07, 6.45) is 1.38. The van der Waals surface area contributed by atoms with Gasteiger partial charge in [0.1, 0.15) is 5.75 Å². The number of ether oxygens (including phenoxy) is 1. The van der Waals surface area contributed by atoms with E-state index < -0.39 is 0 Å². The second-order valence-electron chi connectivity index (χ2n) is 4.20. The van der Waals surface area contributed by atoms with E-state index in [0.717, 1.165) is 15.8 Å². The molecule has 6 heteroatoms. The average Bonchev–Trinajstić information content (AvgIpc) is 2.84. The van der Waals surface area contributed by atoms with Gasteiger partial charge >= 0.3 is 0 Å². The summed E-state index contributed by atoms with van der Waals surface area (Å²) in [6, 6.07) is 7.00. The predicted molar refractivity (Wildman–Crippen MR) is 80.3 cm³/mol. The van der Waals surface area contributed by atoms with Gasteiger partial charge in [0.25, 0.3) is 5.91 Å². The molecule has 0 saturated heterocycles. The summed E-state index contributed by atoms with van der Waals surface area (Å²) in [7, 11) is 1.60. The molecule has 0 aliphatic carbocycles. The Morgan fingerprint density at radius 2 is 2.20 bits per heavy atom. The summed E-state index contributed by atoms with van der Waals surface area (Å²) in [5.41, 5.74) is 1.27. The number of hydrogen-bond acceptors (Lipinski definition) is 3. The van der Waals surface area contributed by atoms with Crippen LogP contribution in [0.5, 0.6) is 5.75 Å². The Hall–Kier alpha value is -1.46. The van der Waals surface area contributed by atoms with E-state index in [9.17, 15) is 4.79 Å². The van der Waals surface area contributed by atoms with Crippen LogP contribution in [-0.2, 0) is 0 Å². The highest BCUT2D eigenvalue weighted by atomic mass is 79.9. The molecule has 1 atom stereocenters. The second kappa shape index (κ2) is 6.33. The molecule has 0 bridgehead atoms. The van der Waals surface area contributed by atoms with Gasteiger partial charge < -0.3 is 14.5 Å². The van der Waals surface area contributed by atoms with Crippen molar-refractivity contribution in [3.63, 3.8) is 0 Å². The van der Waals surface area contributed by atoms with Crippen molar-refractivity contribution in [3.05, 3.63) is 51.3 Å². The lowest BCUT2D eigenvalue weighted by molar-refractivity contribution is 0.0939. The van der Waals surface area contributed by atoms with Crippen LogP contribution in [0.15, 0.2) is 39.4 Å². The van der Waals surface area contributed by atoms with Crippen molar-refractivity contribution in [2.24, 2.45) is 0 Å². The monoisotopic (exact) mass is 357 g/mol. The predicted octanol–water partition coefficient (Wildman–Crippen LogP) is 4.20. The zero-order valence-corrected chi connectivity index (χ0v) is 13.3. The molecule has 1 unspecified atom stereocenters. The molecular weight excluding hydrogens is 346 g/mol. The summed E-state index contributed by atoms with van der Waals surface area (Å²) >= 11 is 9.20. The van der Waals surface area contributed by atoms with E-state index in [-0.39, 0.29) is 17.2 Å². The molecule has 1 heterocycles. The highest BCUT2D eigenvalue weighted by molar-refractivity contribution is 9.10. The first kappa shape index (κ1) is 14.9. The van der Waals surface area contributed by atoms with Gasteiger partial charge in [0.2, 0.25) is 5.22 Å². The SMILES string of the molecule is COc1ccc(C(C)NC(=O)c2ccoc2Cl)cc1Br. The van der Waals surface area contributed by atoms with Crippen LogP contribution in [0.3, 0.4) is 0 Å². The minimum absolute atomic E-state index is 0.0885. The summed E-state index contributed by atoms with van der Waals surface area (Å²) in [5.74, 6) is 0.466. The first-order valence-corrected chi connectivity index (χ1v) is 7.07. The second-order valence-corrected chi connectivity index (χ2v) is 5.39. The lowest BCUT2D eigenvalue weighted by Gasteiger charge is -2.15. The molecule has 0 radical (unpaired) electrons. The lowest BCUT2D eigenvalue weighted by atomic mass is 10.1. The molecule has 0 aliphatic heterocycles. The number of nitrogens with one attached hydrogen (secondary N) is 1. The van der Waals surface area contributed by atoms with Crippen molar-refractivity contribution >= 4 is 33.4 Å². The van der Waals surface area contributed by atoms with Crippen LogP contribution in [0.2, 0.25) is 5.22 Å². The van der Waals surface area contributed by atoms with Gasteiger partial charge in [-0.2, -0.15) is 0 Å². The first-order valence-electron chi connectivity index (χ1n) is 5.90. The van der Waals surface area contributed by atoms with E-state index in [0.29, 0.717) is 5.56 Å². The van der Waals surface area contributed by atoms with Crippen LogP contribution in [-0.4, -0.2) is 13.0 Å². The van der Waals surface area contributed by atoms with Crippen molar-refractivity contribution in [2.75, 3.05) is 7.11 Å². The van der Waals surface area contributed by atoms with Crippen molar-refractivity contribution in [1.82, 2.24) is 5.32 Å². The van der Waals surface area contributed by atoms with Crippen LogP contribution in [0, 0.1) is 0 Å². The number of benzene rings is 1. The Labute approximate surface area is 130 Å². The average molecular weight is 359 g/mol.